The van der Waals surface area contributed by atoms with Gasteiger partial charge < -0.3 is 10.4 Å². The summed E-state index contributed by atoms with van der Waals surface area (Å²) in [6, 6.07) is 13.2. The van der Waals surface area contributed by atoms with E-state index >= 15 is 0 Å². The molecule has 0 bridgehead atoms. The molecular formula is C13H11Br2NO. The second-order valence-corrected chi connectivity index (χ2v) is 5.36. The minimum Gasteiger partial charge on any atom is -0.508 e. The summed E-state index contributed by atoms with van der Waals surface area (Å²) in [6.45, 7) is 0.747. The fourth-order valence-corrected chi connectivity index (χ4v) is 2.11. The highest BCUT2D eigenvalue weighted by molar-refractivity contribution is 9.13. The molecule has 2 aromatic carbocycles. The van der Waals surface area contributed by atoms with Gasteiger partial charge in [-0.2, -0.15) is 0 Å². The van der Waals surface area contributed by atoms with Gasteiger partial charge in [0.25, 0.3) is 0 Å². The molecule has 0 atom stereocenters. The quantitative estimate of drug-likeness (QED) is 0.792. The van der Waals surface area contributed by atoms with Gasteiger partial charge in [0.2, 0.25) is 0 Å². The molecule has 0 spiro atoms. The Hall–Kier alpha value is -1.000. The minimum absolute atomic E-state index is 0.280. The Kier molecular flexibility index (Phi) is 4.07. The summed E-state index contributed by atoms with van der Waals surface area (Å²) in [5.41, 5.74) is 2.18. The number of halogens is 2. The van der Waals surface area contributed by atoms with Crippen molar-refractivity contribution in [1.82, 2.24) is 0 Å². The van der Waals surface area contributed by atoms with Crippen LogP contribution in [0.1, 0.15) is 5.56 Å². The van der Waals surface area contributed by atoms with Gasteiger partial charge in [-0.1, -0.05) is 6.07 Å². The molecule has 17 heavy (non-hydrogen) atoms. The van der Waals surface area contributed by atoms with Crippen LogP contribution in [0.3, 0.4) is 0 Å². The molecule has 0 saturated carbocycles. The van der Waals surface area contributed by atoms with Crippen LogP contribution in [-0.2, 0) is 6.54 Å². The average Bonchev–Trinajstić information content (AvgIpc) is 2.33. The van der Waals surface area contributed by atoms with E-state index in [0.29, 0.717) is 0 Å². The number of hydrogen-bond acceptors (Lipinski definition) is 2. The van der Waals surface area contributed by atoms with Crippen LogP contribution in [0.4, 0.5) is 5.69 Å². The van der Waals surface area contributed by atoms with Crippen molar-refractivity contribution in [2.24, 2.45) is 0 Å². The van der Waals surface area contributed by atoms with E-state index in [1.54, 1.807) is 12.1 Å². The molecule has 2 aromatic rings. The van der Waals surface area contributed by atoms with Crippen LogP contribution in [0.5, 0.6) is 5.75 Å². The second kappa shape index (κ2) is 5.56. The van der Waals surface area contributed by atoms with E-state index < -0.39 is 0 Å². The van der Waals surface area contributed by atoms with E-state index in [1.165, 1.54) is 5.56 Å². The van der Waals surface area contributed by atoms with E-state index in [9.17, 15) is 0 Å². The van der Waals surface area contributed by atoms with Crippen LogP contribution >= 0.6 is 31.9 Å². The summed E-state index contributed by atoms with van der Waals surface area (Å²) in [5, 5.41) is 12.5. The van der Waals surface area contributed by atoms with Crippen molar-refractivity contribution in [3.63, 3.8) is 0 Å². The van der Waals surface area contributed by atoms with Crippen molar-refractivity contribution < 1.29 is 5.11 Å². The Morgan fingerprint density at radius 3 is 2.29 bits per heavy atom. The zero-order chi connectivity index (χ0) is 12.3. The number of benzene rings is 2. The van der Waals surface area contributed by atoms with Gasteiger partial charge in [-0.25, -0.2) is 0 Å². The van der Waals surface area contributed by atoms with E-state index in [0.717, 1.165) is 21.2 Å². The van der Waals surface area contributed by atoms with Gasteiger partial charge in [0.05, 0.1) is 0 Å². The van der Waals surface area contributed by atoms with Gasteiger partial charge in [-0.15, -0.1) is 0 Å². The summed E-state index contributed by atoms with van der Waals surface area (Å²) < 4.78 is 2.09. The number of hydrogen-bond donors (Lipinski definition) is 2. The van der Waals surface area contributed by atoms with Gasteiger partial charge in [0.1, 0.15) is 5.75 Å². The molecule has 0 fully saturated rings. The SMILES string of the molecule is Oc1ccc(NCc2ccc(Br)c(Br)c2)cc1. The van der Waals surface area contributed by atoms with E-state index in [1.807, 2.05) is 18.2 Å². The predicted molar refractivity (Wildman–Crippen MR) is 77.3 cm³/mol. The normalized spacial score (nSPS) is 10.2. The average molecular weight is 357 g/mol. The highest BCUT2D eigenvalue weighted by atomic mass is 79.9. The number of aromatic hydroxyl groups is 1. The maximum absolute atomic E-state index is 9.17. The smallest absolute Gasteiger partial charge is 0.115 e. The highest BCUT2D eigenvalue weighted by Gasteiger charge is 1.99. The van der Waals surface area contributed by atoms with Crippen molar-refractivity contribution in [2.45, 2.75) is 6.54 Å². The van der Waals surface area contributed by atoms with Crippen LogP contribution in [0.2, 0.25) is 0 Å². The molecule has 2 nitrogen and oxygen atoms in total. The van der Waals surface area contributed by atoms with Gasteiger partial charge >= 0.3 is 0 Å². The standard InChI is InChI=1S/C13H11Br2NO/c14-12-6-1-9(7-13(12)15)8-16-10-2-4-11(17)5-3-10/h1-7,16-17H,8H2. The van der Waals surface area contributed by atoms with Gasteiger partial charge in [0, 0.05) is 21.2 Å². The summed E-state index contributed by atoms with van der Waals surface area (Å²) in [7, 11) is 0. The molecule has 0 aromatic heterocycles. The molecule has 0 aliphatic rings. The Bertz CT molecular complexity index is 511. The maximum atomic E-state index is 9.17. The third kappa shape index (κ3) is 3.48. The van der Waals surface area contributed by atoms with Crippen LogP contribution in [-0.4, -0.2) is 5.11 Å². The molecule has 2 N–H and O–H groups in total. The Labute approximate surface area is 117 Å². The summed E-state index contributed by atoms with van der Waals surface area (Å²) in [4.78, 5) is 0. The van der Waals surface area contributed by atoms with Gasteiger partial charge in [-0.3, -0.25) is 0 Å². The van der Waals surface area contributed by atoms with E-state index in [-0.39, 0.29) is 5.75 Å². The van der Waals surface area contributed by atoms with Crippen molar-refractivity contribution in [2.75, 3.05) is 5.32 Å². The summed E-state index contributed by atoms with van der Waals surface area (Å²) in [6.07, 6.45) is 0. The van der Waals surface area contributed by atoms with Crippen molar-refractivity contribution in [3.05, 3.63) is 57.0 Å². The Morgan fingerprint density at radius 1 is 0.941 bits per heavy atom. The van der Waals surface area contributed by atoms with Gasteiger partial charge in [0.15, 0.2) is 0 Å². The number of anilines is 1. The molecule has 0 aliphatic heterocycles. The first-order valence-corrected chi connectivity index (χ1v) is 6.70. The molecule has 0 radical (unpaired) electrons. The van der Waals surface area contributed by atoms with E-state index in [4.69, 9.17) is 5.11 Å². The lowest BCUT2D eigenvalue weighted by Crippen LogP contribution is -1.98. The van der Waals surface area contributed by atoms with Gasteiger partial charge in [-0.05, 0) is 73.8 Å². The third-order valence-corrected chi connectivity index (χ3v) is 4.23. The molecule has 0 aliphatic carbocycles. The molecule has 0 unspecified atom stereocenters. The lowest BCUT2D eigenvalue weighted by Gasteiger charge is -2.07. The summed E-state index contributed by atoms with van der Waals surface area (Å²) in [5.74, 6) is 0.280. The van der Waals surface area contributed by atoms with Crippen molar-refractivity contribution in [1.29, 1.82) is 0 Å². The number of rotatable bonds is 3. The second-order valence-electron chi connectivity index (χ2n) is 3.65. The van der Waals surface area contributed by atoms with E-state index in [2.05, 4.69) is 49.3 Å². The van der Waals surface area contributed by atoms with Crippen molar-refractivity contribution in [3.8, 4) is 5.75 Å². The monoisotopic (exact) mass is 355 g/mol. The fourth-order valence-electron chi connectivity index (χ4n) is 1.43. The van der Waals surface area contributed by atoms with Crippen molar-refractivity contribution >= 4 is 37.5 Å². The zero-order valence-electron chi connectivity index (χ0n) is 8.95. The summed E-state index contributed by atoms with van der Waals surface area (Å²) >= 11 is 6.91. The first-order chi connectivity index (χ1) is 8.15. The fraction of sp³-hybridized carbons (Fsp3) is 0.0769. The number of phenols is 1. The van der Waals surface area contributed by atoms with Crippen LogP contribution in [0.15, 0.2) is 51.4 Å². The van der Waals surface area contributed by atoms with Crippen LogP contribution in [0.25, 0.3) is 0 Å². The highest BCUT2D eigenvalue weighted by Crippen LogP contribution is 2.24. The maximum Gasteiger partial charge on any atom is 0.115 e. The third-order valence-electron chi connectivity index (χ3n) is 2.35. The number of nitrogens with one attached hydrogen (secondary N) is 1. The molecule has 88 valence electrons. The lowest BCUT2D eigenvalue weighted by molar-refractivity contribution is 0.475. The first kappa shape index (κ1) is 12.5. The minimum atomic E-state index is 0.280. The largest absolute Gasteiger partial charge is 0.508 e. The molecule has 0 amide bonds. The lowest BCUT2D eigenvalue weighted by atomic mass is 10.2. The van der Waals surface area contributed by atoms with Crippen LogP contribution in [0, 0.1) is 0 Å². The molecular weight excluding hydrogens is 346 g/mol. The number of phenolic OH excluding ortho intramolecular Hbond substituents is 1. The predicted octanol–water partition coefficient (Wildman–Crippen LogP) is 4.53. The Morgan fingerprint density at radius 2 is 1.65 bits per heavy atom. The first-order valence-electron chi connectivity index (χ1n) is 5.12. The molecule has 4 heteroatoms. The molecule has 2 rings (SSSR count). The molecule has 0 heterocycles. The van der Waals surface area contributed by atoms with Crippen LogP contribution < -0.4 is 5.32 Å². The molecule has 0 saturated heterocycles. The zero-order valence-corrected chi connectivity index (χ0v) is 12.1. The topological polar surface area (TPSA) is 32.3 Å². The Balaban J connectivity index is 2.02.